The molecular formula is C9H16. The second kappa shape index (κ2) is 3.05. The first-order chi connectivity index (χ1) is 4.33. The van der Waals surface area contributed by atoms with Gasteiger partial charge in [0.15, 0.2) is 0 Å². The number of allylic oxidation sites excluding steroid dienone is 2. The van der Waals surface area contributed by atoms with E-state index in [1.807, 2.05) is 0 Å². The first kappa shape index (κ1) is 6.85. The number of hydrogen-bond donors (Lipinski definition) is 0. The zero-order chi connectivity index (χ0) is 6.69. The molecule has 0 unspecified atom stereocenters. The van der Waals surface area contributed by atoms with Gasteiger partial charge in [0.25, 0.3) is 0 Å². The topological polar surface area (TPSA) is 0 Å². The van der Waals surface area contributed by atoms with Crippen molar-refractivity contribution in [3.05, 3.63) is 11.6 Å². The molecule has 0 bridgehead atoms. The smallest absolute Gasteiger partial charge is 0.0295 e. The lowest BCUT2D eigenvalue weighted by Crippen LogP contribution is -2.03. The predicted molar refractivity (Wildman–Crippen MR) is 41.4 cm³/mol. The average Bonchev–Trinajstić information content (AvgIpc) is 1.88. The zero-order valence-corrected chi connectivity index (χ0v) is 6.48. The molecule has 0 heteroatoms. The third-order valence-electron chi connectivity index (χ3n) is 2.21. The van der Waals surface area contributed by atoms with Gasteiger partial charge in [-0.1, -0.05) is 25.0 Å². The van der Waals surface area contributed by atoms with Gasteiger partial charge in [-0.2, -0.15) is 0 Å². The summed E-state index contributed by atoms with van der Waals surface area (Å²) in [6, 6.07) is 0. The molecule has 1 saturated carbocycles. The Kier molecular flexibility index (Phi) is 2.32. The van der Waals surface area contributed by atoms with E-state index in [0.717, 1.165) is 5.92 Å². The summed E-state index contributed by atoms with van der Waals surface area (Å²) in [7, 11) is 0. The van der Waals surface area contributed by atoms with Crippen LogP contribution in [0.4, 0.5) is 0 Å². The van der Waals surface area contributed by atoms with Crippen LogP contribution in [0.3, 0.4) is 0 Å². The minimum atomic E-state index is 0.949. The molecule has 9 heavy (non-hydrogen) atoms. The van der Waals surface area contributed by atoms with Crippen LogP contribution in [0.2, 0.25) is 0 Å². The summed E-state index contributed by atoms with van der Waals surface area (Å²) in [5.74, 6) is 0.949. The minimum Gasteiger partial charge on any atom is -0.0884 e. The molecule has 1 rings (SSSR count). The molecule has 0 aromatic carbocycles. The molecule has 1 aliphatic carbocycles. The van der Waals surface area contributed by atoms with Crippen molar-refractivity contribution in [3.63, 3.8) is 0 Å². The fourth-order valence-corrected chi connectivity index (χ4v) is 1.59. The molecule has 52 valence electrons. The van der Waals surface area contributed by atoms with Gasteiger partial charge in [0, 0.05) is 0 Å². The normalized spacial score (nSPS) is 33.1. The van der Waals surface area contributed by atoms with Crippen LogP contribution in [0, 0.1) is 5.92 Å². The van der Waals surface area contributed by atoms with Gasteiger partial charge in [0.2, 0.25) is 0 Å². The van der Waals surface area contributed by atoms with Crippen LogP contribution < -0.4 is 0 Å². The van der Waals surface area contributed by atoms with Crippen LogP contribution in [-0.2, 0) is 0 Å². The van der Waals surface area contributed by atoms with E-state index >= 15 is 0 Å². The summed E-state index contributed by atoms with van der Waals surface area (Å²) < 4.78 is 0. The van der Waals surface area contributed by atoms with Crippen molar-refractivity contribution in [1.29, 1.82) is 0 Å². The average molecular weight is 124 g/mol. The molecular weight excluding hydrogens is 108 g/mol. The lowest BCUT2D eigenvalue weighted by atomic mass is 9.87. The van der Waals surface area contributed by atoms with Crippen LogP contribution in [-0.4, -0.2) is 0 Å². The van der Waals surface area contributed by atoms with E-state index in [4.69, 9.17) is 0 Å². The van der Waals surface area contributed by atoms with Gasteiger partial charge in [-0.25, -0.2) is 0 Å². The van der Waals surface area contributed by atoms with Crippen molar-refractivity contribution >= 4 is 0 Å². The van der Waals surface area contributed by atoms with Crippen LogP contribution in [0.5, 0.6) is 0 Å². The van der Waals surface area contributed by atoms with Gasteiger partial charge in [-0.3, -0.25) is 0 Å². The lowest BCUT2D eigenvalue weighted by molar-refractivity contribution is 0.452. The lowest BCUT2D eigenvalue weighted by Gasteiger charge is -2.19. The summed E-state index contributed by atoms with van der Waals surface area (Å²) in [4.78, 5) is 0. The van der Waals surface area contributed by atoms with Crippen molar-refractivity contribution in [2.75, 3.05) is 0 Å². The Morgan fingerprint density at radius 3 is 2.78 bits per heavy atom. The molecule has 0 radical (unpaired) electrons. The largest absolute Gasteiger partial charge is 0.0884 e. The van der Waals surface area contributed by atoms with Crippen molar-refractivity contribution < 1.29 is 0 Å². The third kappa shape index (κ3) is 1.85. The van der Waals surface area contributed by atoms with E-state index in [0.29, 0.717) is 0 Å². The van der Waals surface area contributed by atoms with E-state index in [2.05, 4.69) is 19.9 Å². The van der Waals surface area contributed by atoms with Crippen LogP contribution in [0.15, 0.2) is 11.6 Å². The molecule has 1 atom stereocenters. The van der Waals surface area contributed by atoms with Gasteiger partial charge in [0.1, 0.15) is 0 Å². The molecule has 0 aromatic rings. The molecule has 1 aliphatic rings. The van der Waals surface area contributed by atoms with E-state index in [1.54, 1.807) is 5.57 Å². The molecule has 0 aliphatic heterocycles. The van der Waals surface area contributed by atoms with Crippen LogP contribution >= 0.6 is 0 Å². The highest BCUT2D eigenvalue weighted by Gasteiger charge is 2.10. The SMILES string of the molecule is C/C=C1/CCC[C@@H](C)C1. The van der Waals surface area contributed by atoms with Crippen molar-refractivity contribution in [1.82, 2.24) is 0 Å². The Morgan fingerprint density at radius 2 is 2.33 bits per heavy atom. The van der Waals surface area contributed by atoms with Gasteiger partial charge in [-0.05, 0) is 32.1 Å². The summed E-state index contributed by atoms with van der Waals surface area (Å²) in [6.07, 6.45) is 7.87. The fraction of sp³-hybridized carbons (Fsp3) is 0.778. The minimum absolute atomic E-state index is 0.949. The predicted octanol–water partition coefficient (Wildman–Crippen LogP) is 3.14. The quantitative estimate of drug-likeness (QED) is 0.435. The van der Waals surface area contributed by atoms with E-state index in [-0.39, 0.29) is 0 Å². The maximum Gasteiger partial charge on any atom is -0.0295 e. The first-order valence-electron chi connectivity index (χ1n) is 3.97. The molecule has 0 heterocycles. The Bertz CT molecular complexity index is 111. The fourth-order valence-electron chi connectivity index (χ4n) is 1.59. The highest BCUT2D eigenvalue weighted by atomic mass is 14.2. The van der Waals surface area contributed by atoms with E-state index < -0.39 is 0 Å². The van der Waals surface area contributed by atoms with E-state index in [9.17, 15) is 0 Å². The summed E-state index contributed by atoms with van der Waals surface area (Å²) >= 11 is 0. The van der Waals surface area contributed by atoms with Crippen molar-refractivity contribution in [2.24, 2.45) is 5.92 Å². The molecule has 0 amide bonds. The molecule has 0 nitrogen and oxygen atoms in total. The first-order valence-corrected chi connectivity index (χ1v) is 3.97. The van der Waals surface area contributed by atoms with Gasteiger partial charge in [-0.15, -0.1) is 0 Å². The summed E-state index contributed by atoms with van der Waals surface area (Å²) in [5.41, 5.74) is 1.67. The molecule has 0 spiro atoms. The van der Waals surface area contributed by atoms with Gasteiger partial charge < -0.3 is 0 Å². The molecule has 1 fully saturated rings. The number of hydrogen-bond acceptors (Lipinski definition) is 0. The standard InChI is InChI=1S/C9H16/c1-3-9-6-4-5-8(2)7-9/h3,8H,4-7H2,1-2H3/b9-3-/t8-/m1/s1. The van der Waals surface area contributed by atoms with Gasteiger partial charge >= 0.3 is 0 Å². The maximum atomic E-state index is 2.35. The van der Waals surface area contributed by atoms with Crippen LogP contribution in [0.25, 0.3) is 0 Å². The summed E-state index contributed by atoms with van der Waals surface area (Å²) in [5, 5.41) is 0. The highest BCUT2D eigenvalue weighted by molar-refractivity contribution is 5.03. The van der Waals surface area contributed by atoms with Crippen molar-refractivity contribution in [3.8, 4) is 0 Å². The van der Waals surface area contributed by atoms with Crippen molar-refractivity contribution in [2.45, 2.75) is 39.5 Å². The Labute approximate surface area is 58.0 Å². The Morgan fingerprint density at radius 1 is 1.56 bits per heavy atom. The zero-order valence-electron chi connectivity index (χ0n) is 6.48. The molecule has 0 N–H and O–H groups in total. The maximum absolute atomic E-state index is 2.35. The molecule has 0 aromatic heterocycles. The monoisotopic (exact) mass is 124 g/mol. The highest BCUT2D eigenvalue weighted by Crippen LogP contribution is 2.27. The second-order valence-electron chi connectivity index (χ2n) is 3.15. The summed E-state index contributed by atoms with van der Waals surface area (Å²) in [6.45, 7) is 4.51. The second-order valence-corrected chi connectivity index (χ2v) is 3.15. The Balaban J connectivity index is 2.41. The number of rotatable bonds is 0. The van der Waals surface area contributed by atoms with Gasteiger partial charge in [0.05, 0.1) is 0 Å². The van der Waals surface area contributed by atoms with Crippen LogP contribution in [0.1, 0.15) is 39.5 Å². The van der Waals surface area contributed by atoms with E-state index in [1.165, 1.54) is 25.7 Å². The Hall–Kier alpha value is -0.260. The third-order valence-corrected chi connectivity index (χ3v) is 2.21. The molecule has 0 saturated heterocycles.